The number of rotatable bonds is 22. The number of carbonyl (C=O) groups excluding carboxylic acids is 3. The van der Waals surface area contributed by atoms with Crippen molar-refractivity contribution >= 4 is 63.8 Å². The van der Waals surface area contributed by atoms with Crippen LogP contribution in [0.3, 0.4) is 0 Å². The normalized spacial score (nSPS) is 15.8. The lowest BCUT2D eigenvalue weighted by molar-refractivity contribution is -0.586. The van der Waals surface area contributed by atoms with Crippen molar-refractivity contribution in [3.05, 3.63) is 64.6 Å². The first kappa shape index (κ1) is 45.2. The van der Waals surface area contributed by atoms with Crippen LogP contribution in [0.5, 0.6) is 0 Å². The molecule has 1 aromatic carbocycles. The van der Waals surface area contributed by atoms with Crippen molar-refractivity contribution in [1.29, 1.82) is 0 Å². The van der Waals surface area contributed by atoms with Crippen molar-refractivity contribution in [3.63, 3.8) is 0 Å². The predicted molar refractivity (Wildman–Crippen MR) is 233 cm³/mol. The van der Waals surface area contributed by atoms with Crippen molar-refractivity contribution in [3.8, 4) is 0 Å². The highest BCUT2D eigenvalue weighted by atomic mass is 32.2. The Balaban J connectivity index is 2.04. The van der Waals surface area contributed by atoms with E-state index in [-0.39, 0.29) is 58.7 Å². The van der Waals surface area contributed by atoms with E-state index < -0.39 is 0 Å². The van der Waals surface area contributed by atoms with Gasteiger partial charge in [0.25, 0.3) is 0 Å². The maximum atomic E-state index is 14.2. The van der Waals surface area contributed by atoms with Gasteiger partial charge in [-0.2, -0.15) is 23.5 Å². The second kappa shape index (κ2) is 22.3. The molecule has 0 unspecified atom stereocenters. The van der Waals surface area contributed by atoms with Gasteiger partial charge in [-0.3, -0.25) is 14.4 Å². The second-order valence-electron chi connectivity index (χ2n) is 15.3. The summed E-state index contributed by atoms with van der Waals surface area (Å²) < 4.78 is 2.26. The minimum absolute atomic E-state index is 0.128. The number of hydrogen-bond donors (Lipinski definition) is 3. The molecule has 0 atom stereocenters. The Bertz CT molecular complexity index is 1620. The van der Waals surface area contributed by atoms with Crippen LogP contribution in [0.1, 0.15) is 126 Å². The SMILES string of the molecule is CCCCCSCCC(=O)NC1=CC(=[N+](C(C)C)C(C)C)C=C/C1=C1\C(=O)C(c2ccc(N(C(C)C)C(C)C)cc2NC(=O)CCSCCCCC)=C1O. The third-order valence-corrected chi connectivity index (χ3v) is 11.7. The number of nitrogens with zero attached hydrogens (tertiary/aromatic N) is 2. The summed E-state index contributed by atoms with van der Waals surface area (Å²) in [6.07, 6.45) is 13.4. The van der Waals surface area contributed by atoms with Crippen molar-refractivity contribution in [2.75, 3.05) is 33.2 Å². The quantitative estimate of drug-likeness (QED) is 0.0612. The molecular weight excluding hydrogens is 713 g/mol. The number of benzene rings is 1. The number of nitrogens with one attached hydrogen (secondary N) is 2. The van der Waals surface area contributed by atoms with Gasteiger partial charge in [0.1, 0.15) is 17.8 Å². The summed E-state index contributed by atoms with van der Waals surface area (Å²) in [6, 6.07) is 6.51. The molecule has 0 aromatic heterocycles. The highest BCUT2D eigenvalue weighted by Gasteiger charge is 2.40. The minimum atomic E-state index is -0.328. The Morgan fingerprint density at radius 3 is 1.81 bits per heavy atom. The molecule has 8 nitrogen and oxygen atoms in total. The van der Waals surface area contributed by atoms with E-state index in [0.29, 0.717) is 46.9 Å². The zero-order valence-electron chi connectivity index (χ0n) is 34.6. The summed E-state index contributed by atoms with van der Waals surface area (Å²) in [5.74, 6) is 2.77. The number of Topliss-reactive ketones (excluding diaryl/α,β-unsaturated/α-hetero) is 1. The molecule has 0 saturated carbocycles. The fourth-order valence-corrected chi connectivity index (χ4v) is 9.07. The molecule has 0 heterocycles. The van der Waals surface area contributed by atoms with Crippen LogP contribution < -0.4 is 15.5 Å². The molecule has 10 heteroatoms. The van der Waals surface area contributed by atoms with Crippen LogP contribution in [-0.2, 0) is 14.4 Å². The topological polar surface area (TPSA) is 102 Å². The first-order valence-corrected chi connectivity index (χ1v) is 22.5. The zero-order valence-corrected chi connectivity index (χ0v) is 36.3. The monoisotopic (exact) mass is 779 g/mol. The van der Waals surface area contributed by atoms with Gasteiger partial charge in [0.2, 0.25) is 23.3 Å². The van der Waals surface area contributed by atoms with Crippen molar-refractivity contribution in [2.45, 2.75) is 145 Å². The Labute approximate surface area is 334 Å². The van der Waals surface area contributed by atoms with Gasteiger partial charge in [0.05, 0.1) is 22.5 Å². The standard InChI is InChI=1S/C44H66N4O4S2/c1-11-13-15-23-53-25-21-39(49)45-37-27-33(47(29(3)4)30(5)6)17-19-35(37)41-43(51)42(44(41)52)36-20-18-34(48(31(7)8)32(9)10)28-38(36)46-40(50)22-26-54-24-16-14-12-2/h17-20,27-32H,11-16,21-26H2,1-10H3,(H2,45,46,49,50,51,52)/p+1. The average molecular weight is 780 g/mol. The van der Waals surface area contributed by atoms with Gasteiger partial charge in [-0.05, 0) is 104 Å². The van der Waals surface area contributed by atoms with E-state index >= 15 is 0 Å². The summed E-state index contributed by atoms with van der Waals surface area (Å²) in [5.41, 5.74) is 4.14. The first-order chi connectivity index (χ1) is 25.7. The third-order valence-electron chi connectivity index (χ3n) is 9.57. The van der Waals surface area contributed by atoms with Crippen molar-refractivity contribution in [1.82, 2.24) is 5.32 Å². The number of anilines is 2. The maximum Gasteiger partial charge on any atom is 0.225 e. The van der Waals surface area contributed by atoms with Crippen LogP contribution in [0.4, 0.5) is 11.4 Å². The predicted octanol–water partition coefficient (Wildman–Crippen LogP) is 9.86. The van der Waals surface area contributed by atoms with Gasteiger partial charge in [-0.25, -0.2) is 4.58 Å². The van der Waals surface area contributed by atoms with E-state index in [4.69, 9.17) is 0 Å². The van der Waals surface area contributed by atoms with E-state index in [1.807, 2.05) is 36.4 Å². The molecule has 54 heavy (non-hydrogen) atoms. The molecule has 0 spiro atoms. The molecule has 0 saturated heterocycles. The number of carbonyl (C=O) groups is 3. The van der Waals surface area contributed by atoms with Crippen LogP contribution in [0.25, 0.3) is 5.57 Å². The molecule has 3 rings (SSSR count). The molecule has 2 aliphatic rings. The van der Waals surface area contributed by atoms with Crippen molar-refractivity contribution < 1.29 is 24.1 Å². The summed E-state index contributed by atoms with van der Waals surface area (Å²) in [6.45, 7) is 21.4. The summed E-state index contributed by atoms with van der Waals surface area (Å²) in [5, 5.41) is 17.9. The lowest BCUT2D eigenvalue weighted by Crippen LogP contribution is -2.37. The summed E-state index contributed by atoms with van der Waals surface area (Å²) in [7, 11) is 0. The Hall–Kier alpha value is -3.24. The highest BCUT2D eigenvalue weighted by Crippen LogP contribution is 2.43. The van der Waals surface area contributed by atoms with E-state index in [9.17, 15) is 19.5 Å². The molecule has 298 valence electrons. The third kappa shape index (κ3) is 12.4. The van der Waals surface area contributed by atoms with Gasteiger partial charge >= 0.3 is 0 Å². The molecule has 0 aliphatic heterocycles. The zero-order chi connectivity index (χ0) is 39.9. The van der Waals surface area contributed by atoms with E-state index in [1.165, 1.54) is 25.7 Å². The Kier molecular flexibility index (Phi) is 18.7. The molecule has 0 radical (unpaired) electrons. The van der Waals surface area contributed by atoms with Gasteiger partial charge in [0, 0.05) is 65.4 Å². The van der Waals surface area contributed by atoms with Crippen LogP contribution >= 0.6 is 23.5 Å². The van der Waals surface area contributed by atoms with Crippen LogP contribution in [-0.4, -0.2) is 80.2 Å². The molecule has 0 fully saturated rings. The Morgan fingerprint density at radius 1 is 0.759 bits per heavy atom. The maximum absolute atomic E-state index is 14.2. The second-order valence-corrected chi connectivity index (χ2v) is 17.8. The summed E-state index contributed by atoms with van der Waals surface area (Å²) >= 11 is 3.56. The molecule has 3 N–H and O–H groups in total. The lowest BCUT2D eigenvalue weighted by Gasteiger charge is -2.34. The number of ketones is 1. The van der Waals surface area contributed by atoms with Crippen LogP contribution in [0.2, 0.25) is 0 Å². The lowest BCUT2D eigenvalue weighted by atomic mass is 9.78. The number of hydrogen-bond acceptors (Lipinski definition) is 7. The highest BCUT2D eigenvalue weighted by molar-refractivity contribution is 7.99. The number of allylic oxidation sites excluding steroid dienone is 5. The summed E-state index contributed by atoms with van der Waals surface area (Å²) in [4.78, 5) is 43.1. The molecule has 2 aliphatic carbocycles. The van der Waals surface area contributed by atoms with Crippen LogP contribution in [0, 0.1) is 0 Å². The fourth-order valence-electron chi connectivity index (χ4n) is 7.18. The van der Waals surface area contributed by atoms with Gasteiger partial charge in [-0.1, -0.05) is 39.5 Å². The van der Waals surface area contributed by atoms with E-state index in [2.05, 4.69) is 89.3 Å². The number of aliphatic hydroxyl groups is 1. The molecule has 1 aromatic rings. The van der Waals surface area contributed by atoms with Crippen molar-refractivity contribution in [2.24, 2.45) is 0 Å². The van der Waals surface area contributed by atoms with Gasteiger partial charge in [0.15, 0.2) is 0 Å². The van der Waals surface area contributed by atoms with E-state index in [0.717, 1.165) is 35.7 Å². The number of amides is 2. The molecule has 2 amide bonds. The number of thioether (sulfide) groups is 2. The smallest absolute Gasteiger partial charge is 0.225 e. The minimum Gasteiger partial charge on any atom is -0.506 e. The first-order valence-electron chi connectivity index (χ1n) is 20.2. The van der Waals surface area contributed by atoms with Gasteiger partial charge in [-0.15, -0.1) is 0 Å². The molecule has 0 bridgehead atoms. The number of aliphatic hydroxyl groups excluding tert-OH is 1. The average Bonchev–Trinajstić information content (AvgIpc) is 3.09. The largest absolute Gasteiger partial charge is 0.506 e. The Morgan fingerprint density at radius 2 is 1.31 bits per heavy atom. The van der Waals surface area contributed by atoms with E-state index in [1.54, 1.807) is 23.5 Å². The number of unbranched alkanes of at least 4 members (excludes halogenated alkanes) is 4. The fraction of sp³-hybridized carbons (Fsp3) is 0.591. The molecular formula is C44H67N4O4S2+. The van der Waals surface area contributed by atoms with Gasteiger partial charge < -0.3 is 20.6 Å². The van der Waals surface area contributed by atoms with Crippen LogP contribution in [0.15, 0.2) is 59.0 Å².